The molecule has 4 rings (SSSR count). The van der Waals surface area contributed by atoms with E-state index in [2.05, 4.69) is 20.4 Å². The second-order valence-electron chi connectivity index (χ2n) is 8.23. The van der Waals surface area contributed by atoms with Gasteiger partial charge in [-0.1, -0.05) is 42.5 Å². The summed E-state index contributed by atoms with van der Waals surface area (Å²) < 4.78 is 15.2. The molecule has 2 heterocycles. The highest BCUT2D eigenvalue weighted by Crippen LogP contribution is 2.27. The van der Waals surface area contributed by atoms with E-state index in [-0.39, 0.29) is 17.2 Å². The van der Waals surface area contributed by atoms with Crippen LogP contribution < -0.4 is 15.4 Å². The Kier molecular flexibility index (Phi) is 8.66. The summed E-state index contributed by atoms with van der Waals surface area (Å²) in [7, 11) is 2.81. The van der Waals surface area contributed by atoms with Crippen LogP contribution >= 0.6 is 11.3 Å². The van der Waals surface area contributed by atoms with Crippen LogP contribution in [0.3, 0.4) is 0 Å². The van der Waals surface area contributed by atoms with Crippen LogP contribution in [0.2, 0.25) is 0 Å². The number of anilines is 1. The highest BCUT2D eigenvalue weighted by atomic mass is 32.1. The van der Waals surface area contributed by atoms with E-state index < -0.39 is 35.9 Å². The van der Waals surface area contributed by atoms with E-state index in [9.17, 15) is 19.2 Å². The number of carbonyl (C=O) groups excluding carboxylic acids is 4. The summed E-state index contributed by atoms with van der Waals surface area (Å²) in [6.07, 6.45) is 0.0834. The minimum Gasteiger partial charge on any atom is -0.491 e. The van der Waals surface area contributed by atoms with Crippen LogP contribution in [0.25, 0.3) is 0 Å². The molecule has 0 bridgehead atoms. The topological polar surface area (TPSA) is 136 Å². The standard InChI is InChI=1S/C26H26N4O7S/c1-35-12-13-37-18-10-8-17(9-11-18)21-23(32)30(26(34)28-21)20(14-16-6-4-3-5-7-16)22(31)29-25-27-19(15-38-25)24(33)36-2/h3-11,15,20-21H,12-14H2,1-2H3,(H,28,34)(H,27,29,31). The van der Waals surface area contributed by atoms with Crippen LogP contribution in [0.15, 0.2) is 60.0 Å². The average molecular weight is 539 g/mol. The Labute approximate surface area is 222 Å². The molecule has 2 atom stereocenters. The highest BCUT2D eigenvalue weighted by molar-refractivity contribution is 7.14. The first kappa shape index (κ1) is 26.8. The third-order valence-electron chi connectivity index (χ3n) is 5.76. The minimum absolute atomic E-state index is 0.0390. The first-order chi connectivity index (χ1) is 18.4. The third-order valence-corrected chi connectivity index (χ3v) is 6.51. The van der Waals surface area contributed by atoms with Crippen molar-refractivity contribution in [3.05, 3.63) is 76.8 Å². The van der Waals surface area contributed by atoms with Crippen molar-refractivity contribution in [2.24, 2.45) is 0 Å². The van der Waals surface area contributed by atoms with E-state index in [1.807, 2.05) is 6.07 Å². The third kappa shape index (κ3) is 6.15. The molecule has 38 heavy (non-hydrogen) atoms. The Morgan fingerprint density at radius 1 is 1.08 bits per heavy atom. The van der Waals surface area contributed by atoms with Gasteiger partial charge in [0.25, 0.3) is 5.91 Å². The minimum atomic E-state index is -1.17. The number of aromatic nitrogens is 1. The molecule has 11 nitrogen and oxygen atoms in total. The van der Waals surface area contributed by atoms with Crippen LogP contribution in [0.1, 0.15) is 27.7 Å². The Morgan fingerprint density at radius 2 is 1.82 bits per heavy atom. The average Bonchev–Trinajstić information content (AvgIpc) is 3.51. The maximum absolute atomic E-state index is 13.5. The van der Waals surface area contributed by atoms with Crippen molar-refractivity contribution in [2.45, 2.75) is 18.5 Å². The van der Waals surface area contributed by atoms with Gasteiger partial charge in [0.05, 0.1) is 13.7 Å². The summed E-state index contributed by atoms with van der Waals surface area (Å²) in [4.78, 5) is 56.6. The molecule has 3 aromatic rings. The Balaban J connectivity index is 1.55. The van der Waals surface area contributed by atoms with Gasteiger partial charge in [0.15, 0.2) is 10.8 Å². The predicted molar refractivity (Wildman–Crippen MR) is 138 cm³/mol. The highest BCUT2D eigenvalue weighted by Gasteiger charge is 2.45. The molecule has 0 aliphatic carbocycles. The van der Waals surface area contributed by atoms with Gasteiger partial charge in [-0.15, -0.1) is 11.3 Å². The zero-order valence-corrected chi connectivity index (χ0v) is 21.5. The number of esters is 1. The fourth-order valence-corrected chi connectivity index (χ4v) is 4.55. The molecule has 12 heteroatoms. The van der Waals surface area contributed by atoms with E-state index in [1.165, 1.54) is 12.5 Å². The molecule has 198 valence electrons. The molecule has 0 saturated carbocycles. The second kappa shape index (κ2) is 12.3. The van der Waals surface area contributed by atoms with Crippen LogP contribution in [0, 0.1) is 0 Å². The Morgan fingerprint density at radius 3 is 2.50 bits per heavy atom. The lowest BCUT2D eigenvalue weighted by molar-refractivity contribution is -0.134. The quantitative estimate of drug-likeness (QED) is 0.216. The van der Waals surface area contributed by atoms with Gasteiger partial charge in [-0.25, -0.2) is 19.5 Å². The van der Waals surface area contributed by atoms with E-state index >= 15 is 0 Å². The lowest BCUT2D eigenvalue weighted by atomic mass is 10.0. The predicted octanol–water partition coefficient (Wildman–Crippen LogP) is 2.80. The van der Waals surface area contributed by atoms with Crippen LogP contribution in [0.5, 0.6) is 5.75 Å². The lowest BCUT2D eigenvalue weighted by Crippen LogP contribution is -2.49. The van der Waals surface area contributed by atoms with E-state index in [0.717, 1.165) is 21.8 Å². The number of imide groups is 1. The van der Waals surface area contributed by atoms with E-state index in [1.54, 1.807) is 55.6 Å². The van der Waals surface area contributed by atoms with Crippen LogP contribution in [-0.4, -0.2) is 67.2 Å². The maximum Gasteiger partial charge on any atom is 0.357 e. The molecule has 0 spiro atoms. The van der Waals surface area contributed by atoms with Crippen LogP contribution in [-0.2, 0) is 25.5 Å². The van der Waals surface area contributed by atoms with Crippen molar-refractivity contribution < 1.29 is 33.4 Å². The van der Waals surface area contributed by atoms with Crippen molar-refractivity contribution in [3.8, 4) is 5.75 Å². The largest absolute Gasteiger partial charge is 0.491 e. The molecule has 1 aliphatic rings. The van der Waals surface area contributed by atoms with Gasteiger partial charge in [0, 0.05) is 18.9 Å². The number of benzene rings is 2. The zero-order chi connectivity index (χ0) is 27.1. The van der Waals surface area contributed by atoms with Crippen molar-refractivity contribution >= 4 is 40.3 Å². The number of methoxy groups -OCH3 is 2. The van der Waals surface area contributed by atoms with E-state index in [4.69, 9.17) is 9.47 Å². The number of urea groups is 1. The summed E-state index contributed by atoms with van der Waals surface area (Å²) >= 11 is 1.03. The summed E-state index contributed by atoms with van der Waals surface area (Å²) in [5, 5.41) is 6.89. The van der Waals surface area contributed by atoms with Crippen molar-refractivity contribution in [3.63, 3.8) is 0 Å². The van der Waals surface area contributed by atoms with Gasteiger partial charge < -0.3 is 24.8 Å². The number of rotatable bonds is 11. The normalized spacial score (nSPS) is 15.6. The number of nitrogens with zero attached hydrogens (tertiary/aromatic N) is 2. The number of amides is 4. The SMILES string of the molecule is COCCOc1ccc(C2NC(=O)N(C(Cc3ccccc3)C(=O)Nc3nc(C(=O)OC)cs3)C2=O)cc1. The number of hydrogen-bond donors (Lipinski definition) is 2. The molecular formula is C26H26N4O7S. The molecule has 2 N–H and O–H groups in total. The fourth-order valence-electron chi connectivity index (χ4n) is 3.87. The number of ether oxygens (including phenoxy) is 3. The van der Waals surface area contributed by atoms with Gasteiger partial charge in [-0.3, -0.25) is 9.59 Å². The maximum atomic E-state index is 13.5. The smallest absolute Gasteiger partial charge is 0.357 e. The summed E-state index contributed by atoms with van der Waals surface area (Å²) in [6, 6.07) is 13.0. The molecule has 0 radical (unpaired) electrons. The molecule has 1 aliphatic heterocycles. The van der Waals surface area contributed by atoms with Gasteiger partial charge in [-0.05, 0) is 23.3 Å². The molecule has 1 saturated heterocycles. The van der Waals surface area contributed by atoms with Gasteiger partial charge in [0.1, 0.15) is 24.4 Å². The molecule has 1 aromatic heterocycles. The molecule has 1 fully saturated rings. The molecule has 2 unspecified atom stereocenters. The van der Waals surface area contributed by atoms with Gasteiger partial charge in [0.2, 0.25) is 5.91 Å². The molecular weight excluding hydrogens is 512 g/mol. The fraction of sp³-hybridized carbons (Fsp3) is 0.269. The Hall–Kier alpha value is -4.29. The van der Waals surface area contributed by atoms with Crippen molar-refractivity contribution in [1.82, 2.24) is 15.2 Å². The second-order valence-corrected chi connectivity index (χ2v) is 9.08. The first-order valence-corrected chi connectivity index (χ1v) is 12.5. The number of nitrogens with one attached hydrogen (secondary N) is 2. The summed E-state index contributed by atoms with van der Waals surface area (Å²) in [6.45, 7) is 0.808. The number of thiazole rings is 1. The lowest BCUT2D eigenvalue weighted by Gasteiger charge is -2.24. The first-order valence-electron chi connectivity index (χ1n) is 11.6. The number of hydrogen-bond acceptors (Lipinski definition) is 9. The zero-order valence-electron chi connectivity index (χ0n) is 20.7. The molecule has 4 amide bonds. The molecule has 2 aromatic carbocycles. The van der Waals surface area contributed by atoms with Crippen LogP contribution in [0.4, 0.5) is 9.93 Å². The van der Waals surface area contributed by atoms with Crippen molar-refractivity contribution in [2.75, 3.05) is 32.8 Å². The summed E-state index contributed by atoms with van der Waals surface area (Å²) in [5.74, 6) is -1.23. The van der Waals surface area contributed by atoms with Crippen molar-refractivity contribution in [1.29, 1.82) is 0 Å². The van der Waals surface area contributed by atoms with E-state index in [0.29, 0.717) is 24.5 Å². The number of carbonyl (C=O) groups is 4. The summed E-state index contributed by atoms with van der Waals surface area (Å²) in [5.41, 5.74) is 1.34. The Bertz CT molecular complexity index is 1300. The monoisotopic (exact) mass is 538 g/mol. The van der Waals surface area contributed by atoms with Gasteiger partial charge >= 0.3 is 12.0 Å². The van der Waals surface area contributed by atoms with Gasteiger partial charge in [-0.2, -0.15) is 0 Å².